The van der Waals surface area contributed by atoms with Crippen molar-refractivity contribution >= 4 is 17.9 Å². The lowest BCUT2D eigenvalue weighted by atomic mass is 10.0. The van der Waals surface area contributed by atoms with Gasteiger partial charge in [-0.05, 0) is 43.9 Å². The summed E-state index contributed by atoms with van der Waals surface area (Å²) in [4.78, 5) is 43.3. The Morgan fingerprint density at radius 2 is 1.90 bits per heavy atom. The largest absolute Gasteiger partial charge is 0.497 e. The number of benzene rings is 1. The fourth-order valence-electron chi connectivity index (χ4n) is 4.53. The average Bonchev–Trinajstić information content (AvgIpc) is 3.42. The molecular weight excluding hydrogens is 374 g/mol. The van der Waals surface area contributed by atoms with Gasteiger partial charge < -0.3 is 24.2 Å². The van der Waals surface area contributed by atoms with Gasteiger partial charge in [-0.15, -0.1) is 0 Å². The molecule has 156 valence electrons. The Bertz CT molecular complexity index is 790. The van der Waals surface area contributed by atoms with Crippen LogP contribution < -0.4 is 4.74 Å². The van der Waals surface area contributed by atoms with Gasteiger partial charge in [0, 0.05) is 31.2 Å². The van der Waals surface area contributed by atoms with E-state index in [1.165, 1.54) is 0 Å². The lowest BCUT2D eigenvalue weighted by Gasteiger charge is -2.37. The van der Waals surface area contributed by atoms with Crippen LogP contribution in [0, 0.1) is 0 Å². The molecule has 3 heterocycles. The van der Waals surface area contributed by atoms with Gasteiger partial charge in [0.25, 0.3) is 5.91 Å². The summed E-state index contributed by atoms with van der Waals surface area (Å²) in [5, 5.41) is 0. The predicted molar refractivity (Wildman–Crippen MR) is 105 cm³/mol. The van der Waals surface area contributed by atoms with Gasteiger partial charge in [0.05, 0.1) is 13.7 Å². The number of hydrogen-bond acceptors (Lipinski definition) is 5. The van der Waals surface area contributed by atoms with Crippen LogP contribution in [0.4, 0.5) is 4.79 Å². The van der Waals surface area contributed by atoms with E-state index < -0.39 is 6.04 Å². The molecule has 0 aromatic heterocycles. The molecule has 0 radical (unpaired) electrons. The molecule has 3 saturated heterocycles. The first-order valence-corrected chi connectivity index (χ1v) is 10.3. The second-order valence-electron chi connectivity index (χ2n) is 7.75. The van der Waals surface area contributed by atoms with Crippen molar-refractivity contribution in [3.05, 3.63) is 29.8 Å². The first kappa shape index (κ1) is 19.5. The molecule has 0 N–H and O–H groups in total. The smallest absolute Gasteiger partial charge is 0.410 e. The number of amides is 3. The Hall–Kier alpha value is -2.77. The zero-order valence-electron chi connectivity index (χ0n) is 16.7. The Morgan fingerprint density at radius 1 is 1.10 bits per heavy atom. The van der Waals surface area contributed by atoms with E-state index in [2.05, 4.69) is 0 Å². The lowest BCUT2D eigenvalue weighted by Crippen LogP contribution is -2.52. The highest BCUT2D eigenvalue weighted by molar-refractivity contribution is 5.98. The van der Waals surface area contributed by atoms with Crippen LogP contribution in [-0.2, 0) is 9.53 Å². The minimum Gasteiger partial charge on any atom is -0.497 e. The average molecular weight is 401 g/mol. The minimum atomic E-state index is -0.415. The first-order valence-electron chi connectivity index (χ1n) is 10.3. The number of cyclic esters (lactones) is 1. The number of ether oxygens (including phenoxy) is 2. The zero-order valence-corrected chi connectivity index (χ0v) is 16.7. The van der Waals surface area contributed by atoms with Gasteiger partial charge in [-0.1, -0.05) is 6.07 Å². The standard InChI is InChI=1S/C21H27N3O5/c1-28-17-5-2-4-15(14-17)19(25)24-9-3-6-18(24)20(26)22-10-7-16(8-11-22)23-12-13-29-21(23)27/h2,4-5,14,16,18H,3,6-13H2,1H3/t18-/m1/s1. The number of piperidine rings is 1. The molecule has 1 atom stereocenters. The van der Waals surface area contributed by atoms with Crippen molar-refractivity contribution in [3.8, 4) is 5.75 Å². The number of methoxy groups -OCH3 is 1. The lowest BCUT2D eigenvalue weighted by molar-refractivity contribution is -0.136. The summed E-state index contributed by atoms with van der Waals surface area (Å²) in [7, 11) is 1.57. The number of carbonyl (C=O) groups is 3. The second kappa shape index (κ2) is 8.31. The summed E-state index contributed by atoms with van der Waals surface area (Å²) in [6.07, 6.45) is 2.75. The molecule has 29 heavy (non-hydrogen) atoms. The van der Waals surface area contributed by atoms with E-state index in [4.69, 9.17) is 9.47 Å². The Kier molecular flexibility index (Phi) is 5.60. The molecule has 0 bridgehead atoms. The van der Waals surface area contributed by atoms with E-state index in [9.17, 15) is 14.4 Å². The normalized spacial score (nSPS) is 22.7. The van der Waals surface area contributed by atoms with Crippen molar-refractivity contribution in [2.45, 2.75) is 37.8 Å². The van der Waals surface area contributed by atoms with Gasteiger partial charge in [0.15, 0.2) is 0 Å². The van der Waals surface area contributed by atoms with Crippen LogP contribution in [0.3, 0.4) is 0 Å². The molecule has 8 nitrogen and oxygen atoms in total. The maximum absolute atomic E-state index is 13.2. The molecule has 1 aromatic carbocycles. The molecule has 3 amide bonds. The quantitative estimate of drug-likeness (QED) is 0.768. The van der Waals surface area contributed by atoms with Gasteiger partial charge in [-0.3, -0.25) is 9.59 Å². The highest BCUT2D eigenvalue weighted by Crippen LogP contribution is 2.26. The molecule has 3 aliphatic heterocycles. The van der Waals surface area contributed by atoms with E-state index in [-0.39, 0.29) is 23.9 Å². The van der Waals surface area contributed by atoms with Crippen LogP contribution in [0.5, 0.6) is 5.75 Å². The van der Waals surface area contributed by atoms with Crippen LogP contribution in [0.15, 0.2) is 24.3 Å². The van der Waals surface area contributed by atoms with Crippen LogP contribution in [0.1, 0.15) is 36.0 Å². The number of nitrogens with zero attached hydrogens (tertiary/aromatic N) is 3. The summed E-state index contributed by atoms with van der Waals surface area (Å²) in [6.45, 7) is 2.86. The van der Waals surface area contributed by atoms with Crippen molar-refractivity contribution in [2.24, 2.45) is 0 Å². The monoisotopic (exact) mass is 401 g/mol. The maximum Gasteiger partial charge on any atom is 0.410 e. The van der Waals surface area contributed by atoms with Crippen LogP contribution in [0.25, 0.3) is 0 Å². The summed E-state index contributed by atoms with van der Waals surface area (Å²) in [5.41, 5.74) is 0.537. The highest BCUT2D eigenvalue weighted by atomic mass is 16.6. The molecule has 0 aliphatic carbocycles. The molecule has 1 aromatic rings. The number of hydrogen-bond donors (Lipinski definition) is 0. The summed E-state index contributed by atoms with van der Waals surface area (Å²) in [5.74, 6) is 0.510. The topological polar surface area (TPSA) is 79.4 Å². The van der Waals surface area contributed by atoms with E-state index in [1.54, 1.807) is 41.2 Å². The second-order valence-corrected chi connectivity index (χ2v) is 7.75. The number of rotatable bonds is 4. The summed E-state index contributed by atoms with van der Waals surface area (Å²) < 4.78 is 10.2. The summed E-state index contributed by atoms with van der Waals surface area (Å²) >= 11 is 0. The molecule has 0 unspecified atom stereocenters. The zero-order chi connectivity index (χ0) is 20.4. The van der Waals surface area contributed by atoms with E-state index in [0.717, 1.165) is 19.3 Å². The van der Waals surface area contributed by atoms with E-state index in [1.807, 2.05) is 4.90 Å². The van der Waals surface area contributed by atoms with Gasteiger partial charge in [0.1, 0.15) is 18.4 Å². The Morgan fingerprint density at radius 3 is 2.59 bits per heavy atom. The van der Waals surface area contributed by atoms with Gasteiger partial charge in [-0.2, -0.15) is 0 Å². The van der Waals surface area contributed by atoms with Crippen LogP contribution >= 0.6 is 0 Å². The van der Waals surface area contributed by atoms with E-state index in [0.29, 0.717) is 50.5 Å². The third-order valence-electron chi connectivity index (χ3n) is 6.12. The van der Waals surface area contributed by atoms with Crippen molar-refractivity contribution in [2.75, 3.05) is 39.9 Å². The van der Waals surface area contributed by atoms with Gasteiger partial charge in [0.2, 0.25) is 5.91 Å². The highest BCUT2D eigenvalue weighted by Gasteiger charge is 2.39. The molecule has 0 spiro atoms. The minimum absolute atomic E-state index is 0.0150. The van der Waals surface area contributed by atoms with E-state index >= 15 is 0 Å². The third kappa shape index (κ3) is 3.88. The molecular formula is C21H27N3O5. The van der Waals surface area contributed by atoms with Gasteiger partial charge in [-0.25, -0.2) is 4.79 Å². The van der Waals surface area contributed by atoms with Crippen molar-refractivity contribution < 1.29 is 23.9 Å². The van der Waals surface area contributed by atoms with Crippen molar-refractivity contribution in [1.29, 1.82) is 0 Å². The fourth-order valence-corrected chi connectivity index (χ4v) is 4.53. The van der Waals surface area contributed by atoms with Gasteiger partial charge >= 0.3 is 6.09 Å². The Balaban J connectivity index is 1.39. The Labute approximate surface area is 170 Å². The maximum atomic E-state index is 13.2. The fraction of sp³-hybridized carbons (Fsp3) is 0.571. The molecule has 8 heteroatoms. The summed E-state index contributed by atoms with van der Waals surface area (Å²) in [6, 6.07) is 6.76. The first-order chi connectivity index (χ1) is 14.1. The number of carbonyl (C=O) groups excluding carboxylic acids is 3. The SMILES string of the molecule is COc1cccc(C(=O)N2CCC[C@@H]2C(=O)N2CCC(N3CCOC3=O)CC2)c1. The molecule has 0 saturated carbocycles. The molecule has 4 rings (SSSR count). The molecule has 3 aliphatic rings. The van der Waals surface area contributed by atoms with Crippen molar-refractivity contribution in [1.82, 2.24) is 14.7 Å². The van der Waals surface area contributed by atoms with Crippen molar-refractivity contribution in [3.63, 3.8) is 0 Å². The van der Waals surface area contributed by atoms with Crippen LogP contribution in [-0.4, -0.2) is 84.6 Å². The molecule has 3 fully saturated rings. The number of likely N-dealkylation sites (tertiary alicyclic amines) is 2. The predicted octanol–water partition coefficient (Wildman–Crippen LogP) is 1.74. The third-order valence-corrected chi connectivity index (χ3v) is 6.12. The van der Waals surface area contributed by atoms with Crippen LogP contribution in [0.2, 0.25) is 0 Å².